The van der Waals surface area contributed by atoms with Crippen molar-refractivity contribution in [2.24, 2.45) is 0 Å². The molecule has 0 atom stereocenters. The fourth-order valence-corrected chi connectivity index (χ4v) is 3.05. The molecular formula is C14H17N5OS. The third kappa shape index (κ3) is 2.73. The van der Waals surface area contributed by atoms with Gasteiger partial charge in [-0.3, -0.25) is 0 Å². The minimum Gasteiger partial charge on any atom is -0.489 e. The molecule has 0 radical (unpaired) electrons. The van der Waals surface area contributed by atoms with Crippen molar-refractivity contribution < 1.29 is 4.74 Å². The van der Waals surface area contributed by atoms with E-state index in [0.29, 0.717) is 11.7 Å². The molecule has 0 spiro atoms. The van der Waals surface area contributed by atoms with Gasteiger partial charge in [-0.2, -0.15) is 5.21 Å². The molecule has 0 fully saturated rings. The van der Waals surface area contributed by atoms with Crippen LogP contribution in [0.1, 0.15) is 38.6 Å². The van der Waals surface area contributed by atoms with Gasteiger partial charge < -0.3 is 4.74 Å². The Morgan fingerprint density at radius 1 is 1.19 bits per heavy atom. The normalized spacial score (nSPS) is 11.7. The molecule has 0 bridgehead atoms. The lowest BCUT2D eigenvalue weighted by molar-refractivity contribution is 0.245. The number of H-pyrrole nitrogens is 1. The minimum absolute atomic E-state index is 0.0814. The molecule has 3 aromatic rings. The van der Waals surface area contributed by atoms with Crippen LogP contribution in [0.25, 0.3) is 21.6 Å². The van der Waals surface area contributed by atoms with Crippen LogP contribution in [0.4, 0.5) is 0 Å². The second-order valence-electron chi connectivity index (χ2n) is 5.43. The Hall–Kier alpha value is -2.02. The fraction of sp³-hybridized carbons (Fsp3) is 0.429. The maximum Gasteiger partial charge on any atom is 0.204 e. The molecule has 2 aromatic heterocycles. The minimum atomic E-state index is 0.0814. The quantitative estimate of drug-likeness (QED) is 0.799. The van der Waals surface area contributed by atoms with Gasteiger partial charge >= 0.3 is 0 Å². The predicted molar refractivity (Wildman–Crippen MR) is 82.6 cm³/mol. The molecule has 3 rings (SSSR count). The van der Waals surface area contributed by atoms with E-state index in [-0.39, 0.29) is 6.10 Å². The molecule has 0 saturated carbocycles. The molecule has 2 heterocycles. The average molecular weight is 303 g/mol. The van der Waals surface area contributed by atoms with Crippen molar-refractivity contribution in [1.82, 2.24) is 25.6 Å². The van der Waals surface area contributed by atoms with Crippen LogP contribution >= 0.6 is 11.3 Å². The molecule has 6 nitrogen and oxygen atoms in total. The zero-order valence-corrected chi connectivity index (χ0v) is 13.2. The molecule has 0 amide bonds. The van der Waals surface area contributed by atoms with Gasteiger partial charge in [0.1, 0.15) is 11.3 Å². The third-order valence-corrected chi connectivity index (χ3v) is 4.24. The lowest BCUT2D eigenvalue weighted by Crippen LogP contribution is -2.06. The second kappa shape index (κ2) is 5.40. The highest BCUT2D eigenvalue weighted by Crippen LogP contribution is 2.36. The molecule has 0 aliphatic heterocycles. The number of benzene rings is 1. The lowest BCUT2D eigenvalue weighted by atomic mass is 10.2. The number of thiazole rings is 1. The van der Waals surface area contributed by atoms with Crippen molar-refractivity contribution in [3.63, 3.8) is 0 Å². The van der Waals surface area contributed by atoms with Crippen molar-refractivity contribution in [2.75, 3.05) is 0 Å². The summed E-state index contributed by atoms with van der Waals surface area (Å²) in [6.07, 6.45) is 0.0814. The summed E-state index contributed by atoms with van der Waals surface area (Å²) >= 11 is 1.68. The first-order valence-corrected chi connectivity index (χ1v) is 7.71. The van der Waals surface area contributed by atoms with Crippen molar-refractivity contribution in [1.29, 1.82) is 0 Å². The van der Waals surface area contributed by atoms with Gasteiger partial charge in [-0.05, 0) is 31.2 Å². The molecule has 0 aliphatic carbocycles. The van der Waals surface area contributed by atoms with E-state index in [1.165, 1.54) is 0 Å². The van der Waals surface area contributed by atoms with Crippen LogP contribution in [0.15, 0.2) is 12.1 Å². The number of ether oxygens (including phenoxy) is 1. The zero-order valence-electron chi connectivity index (χ0n) is 12.4. The highest BCUT2D eigenvalue weighted by Gasteiger charge is 2.16. The molecule has 1 N–H and O–H groups in total. The number of nitrogens with zero attached hydrogens (tertiary/aromatic N) is 4. The van der Waals surface area contributed by atoms with E-state index in [0.717, 1.165) is 26.5 Å². The van der Waals surface area contributed by atoms with E-state index in [1.807, 2.05) is 26.0 Å². The molecule has 0 saturated heterocycles. The van der Waals surface area contributed by atoms with Gasteiger partial charge in [0.2, 0.25) is 5.82 Å². The van der Waals surface area contributed by atoms with Crippen molar-refractivity contribution in [3.8, 4) is 17.1 Å². The number of hydrogen-bond donors (Lipinski definition) is 1. The molecule has 110 valence electrons. The maximum atomic E-state index is 5.92. The number of tetrazole rings is 1. The Morgan fingerprint density at radius 3 is 2.62 bits per heavy atom. The number of aromatic nitrogens is 5. The van der Waals surface area contributed by atoms with Crippen molar-refractivity contribution >= 4 is 21.6 Å². The molecule has 7 heteroatoms. The van der Waals surface area contributed by atoms with Crippen LogP contribution < -0.4 is 4.74 Å². The molecule has 0 unspecified atom stereocenters. The summed E-state index contributed by atoms with van der Waals surface area (Å²) < 4.78 is 7.00. The summed E-state index contributed by atoms with van der Waals surface area (Å²) in [5, 5.41) is 15.3. The SMILES string of the molecule is CC(C)Oc1cc(-c2nn[nH]n2)cc2sc(C(C)C)nc12. The number of aromatic amines is 1. The molecule has 0 aliphatic rings. The smallest absolute Gasteiger partial charge is 0.204 e. The van der Waals surface area contributed by atoms with E-state index in [1.54, 1.807) is 11.3 Å². The standard InChI is InChI=1S/C14H17N5OS/c1-7(2)14-15-12-10(20-8(3)4)5-9(6-11(12)21-14)13-16-18-19-17-13/h5-8H,1-4H3,(H,16,17,18,19). The number of fused-ring (bicyclic) bond motifs is 1. The van der Waals surface area contributed by atoms with Crippen LogP contribution in [-0.4, -0.2) is 31.7 Å². The van der Waals surface area contributed by atoms with Crippen LogP contribution in [0, 0.1) is 0 Å². The Morgan fingerprint density at radius 2 is 2.00 bits per heavy atom. The first kappa shape index (κ1) is 13.9. The topological polar surface area (TPSA) is 76.6 Å². The summed E-state index contributed by atoms with van der Waals surface area (Å²) in [6.45, 7) is 8.28. The Labute approximate surface area is 126 Å². The van der Waals surface area contributed by atoms with Crippen LogP contribution in [0.3, 0.4) is 0 Å². The highest BCUT2D eigenvalue weighted by atomic mass is 32.1. The predicted octanol–water partition coefficient (Wildman–Crippen LogP) is 3.39. The first-order valence-electron chi connectivity index (χ1n) is 6.89. The highest BCUT2D eigenvalue weighted by molar-refractivity contribution is 7.18. The van der Waals surface area contributed by atoms with Crippen molar-refractivity contribution in [3.05, 3.63) is 17.1 Å². The van der Waals surface area contributed by atoms with Gasteiger partial charge in [-0.15, -0.1) is 21.5 Å². The summed E-state index contributed by atoms with van der Waals surface area (Å²) in [7, 11) is 0. The number of nitrogens with one attached hydrogen (secondary N) is 1. The Balaban J connectivity index is 2.19. The monoisotopic (exact) mass is 303 g/mol. The van der Waals surface area contributed by atoms with E-state index in [4.69, 9.17) is 9.72 Å². The van der Waals surface area contributed by atoms with E-state index < -0.39 is 0 Å². The zero-order chi connectivity index (χ0) is 15.0. The molecule has 21 heavy (non-hydrogen) atoms. The van der Waals surface area contributed by atoms with Gasteiger partial charge in [0, 0.05) is 11.5 Å². The summed E-state index contributed by atoms with van der Waals surface area (Å²) in [5.74, 6) is 1.72. The van der Waals surface area contributed by atoms with E-state index in [2.05, 4.69) is 34.5 Å². The number of rotatable bonds is 4. The van der Waals surface area contributed by atoms with Gasteiger partial charge in [0.05, 0.1) is 15.8 Å². The van der Waals surface area contributed by atoms with Crippen LogP contribution in [0.5, 0.6) is 5.75 Å². The van der Waals surface area contributed by atoms with Gasteiger partial charge in [0.25, 0.3) is 0 Å². The van der Waals surface area contributed by atoms with E-state index in [9.17, 15) is 0 Å². The van der Waals surface area contributed by atoms with Gasteiger partial charge in [-0.25, -0.2) is 4.98 Å². The third-order valence-electron chi connectivity index (χ3n) is 2.94. The van der Waals surface area contributed by atoms with Gasteiger partial charge in [0.15, 0.2) is 0 Å². The van der Waals surface area contributed by atoms with Crippen LogP contribution in [0.2, 0.25) is 0 Å². The van der Waals surface area contributed by atoms with E-state index >= 15 is 0 Å². The maximum absolute atomic E-state index is 5.92. The largest absolute Gasteiger partial charge is 0.489 e. The number of hydrogen-bond acceptors (Lipinski definition) is 6. The fourth-order valence-electron chi connectivity index (χ4n) is 2.02. The van der Waals surface area contributed by atoms with Crippen LogP contribution in [-0.2, 0) is 0 Å². The lowest BCUT2D eigenvalue weighted by Gasteiger charge is -2.11. The average Bonchev–Trinajstić information content (AvgIpc) is 3.07. The summed E-state index contributed by atoms with van der Waals surface area (Å²) in [6, 6.07) is 3.97. The summed E-state index contributed by atoms with van der Waals surface area (Å²) in [5.41, 5.74) is 1.79. The Kier molecular flexibility index (Phi) is 3.59. The Bertz CT molecular complexity index is 748. The second-order valence-corrected chi connectivity index (χ2v) is 6.49. The first-order chi connectivity index (χ1) is 10.0. The molecular weight excluding hydrogens is 286 g/mol. The molecule has 1 aromatic carbocycles. The van der Waals surface area contributed by atoms with Gasteiger partial charge in [-0.1, -0.05) is 13.8 Å². The summed E-state index contributed by atoms with van der Waals surface area (Å²) in [4.78, 5) is 4.72. The van der Waals surface area contributed by atoms with Crippen molar-refractivity contribution in [2.45, 2.75) is 39.7 Å².